The lowest BCUT2D eigenvalue weighted by Crippen LogP contribution is -2.32. The van der Waals surface area contributed by atoms with Gasteiger partial charge in [-0.1, -0.05) is 26.7 Å². The van der Waals surface area contributed by atoms with Crippen LogP contribution in [0.2, 0.25) is 0 Å². The lowest BCUT2D eigenvalue weighted by Gasteiger charge is -2.16. The van der Waals surface area contributed by atoms with Crippen molar-refractivity contribution in [3.8, 4) is 0 Å². The maximum Gasteiger partial charge on any atom is 0.335 e. The Morgan fingerprint density at radius 1 is 1.26 bits per heavy atom. The minimum atomic E-state index is -3.78. The number of aromatic carboxylic acids is 1. The molecule has 1 aromatic rings. The van der Waals surface area contributed by atoms with E-state index in [1.807, 2.05) is 6.92 Å². The largest absolute Gasteiger partial charge is 0.478 e. The third kappa shape index (κ3) is 5.84. The molecule has 1 atom stereocenters. The van der Waals surface area contributed by atoms with Gasteiger partial charge in [-0.15, -0.1) is 0 Å². The molecule has 0 saturated heterocycles. The van der Waals surface area contributed by atoms with E-state index in [1.54, 1.807) is 6.92 Å². The van der Waals surface area contributed by atoms with Crippen molar-refractivity contribution in [2.45, 2.75) is 57.4 Å². The molecule has 1 aromatic carbocycles. The van der Waals surface area contributed by atoms with Crippen LogP contribution in [-0.4, -0.2) is 32.1 Å². The van der Waals surface area contributed by atoms with E-state index < -0.39 is 16.0 Å². The van der Waals surface area contributed by atoms with Gasteiger partial charge in [-0.2, -0.15) is 0 Å². The van der Waals surface area contributed by atoms with Crippen LogP contribution >= 0.6 is 0 Å². The van der Waals surface area contributed by atoms with Gasteiger partial charge >= 0.3 is 5.97 Å². The SMILES string of the molecule is CCCCCNc1ccc(C(=O)O)cc1S(=O)(=O)N[C@H](C)CC. The zero-order valence-electron chi connectivity index (χ0n) is 13.9. The van der Waals surface area contributed by atoms with Crippen LogP contribution in [0.5, 0.6) is 0 Å². The number of hydrogen-bond acceptors (Lipinski definition) is 4. The van der Waals surface area contributed by atoms with Crippen LogP contribution in [-0.2, 0) is 10.0 Å². The minimum Gasteiger partial charge on any atom is -0.478 e. The van der Waals surface area contributed by atoms with Crippen molar-refractivity contribution < 1.29 is 18.3 Å². The molecule has 7 heteroatoms. The Bertz CT molecular complexity index is 629. The molecule has 0 aliphatic carbocycles. The molecule has 0 radical (unpaired) electrons. The average Bonchev–Trinajstić information content (AvgIpc) is 2.50. The fourth-order valence-electron chi connectivity index (χ4n) is 2.03. The fraction of sp³-hybridized carbons (Fsp3) is 0.562. The van der Waals surface area contributed by atoms with Crippen molar-refractivity contribution in [3.63, 3.8) is 0 Å². The van der Waals surface area contributed by atoms with Crippen molar-refractivity contribution in [2.75, 3.05) is 11.9 Å². The van der Waals surface area contributed by atoms with E-state index in [1.165, 1.54) is 18.2 Å². The van der Waals surface area contributed by atoms with Gasteiger partial charge in [-0.3, -0.25) is 0 Å². The topological polar surface area (TPSA) is 95.5 Å². The van der Waals surface area contributed by atoms with Gasteiger partial charge in [-0.05, 0) is 38.0 Å². The van der Waals surface area contributed by atoms with Crippen LogP contribution in [0.1, 0.15) is 56.8 Å². The highest BCUT2D eigenvalue weighted by Crippen LogP contribution is 2.23. The number of hydrogen-bond donors (Lipinski definition) is 3. The molecule has 6 nitrogen and oxygen atoms in total. The summed E-state index contributed by atoms with van der Waals surface area (Å²) in [6.45, 7) is 6.39. The zero-order chi connectivity index (χ0) is 17.5. The molecule has 0 saturated carbocycles. The third-order valence-electron chi connectivity index (χ3n) is 3.58. The molecule has 0 unspecified atom stereocenters. The summed E-state index contributed by atoms with van der Waals surface area (Å²) in [6, 6.07) is 3.91. The second-order valence-corrected chi connectivity index (χ2v) is 7.26. The standard InChI is InChI=1S/C16H26N2O4S/c1-4-6-7-10-17-14-9-8-13(16(19)20)11-15(14)23(21,22)18-12(3)5-2/h8-9,11-12,17-18H,4-7,10H2,1-3H3,(H,19,20)/t12-/m1/s1. The Kier molecular flexibility index (Phi) is 7.51. The van der Waals surface area contributed by atoms with E-state index in [0.29, 0.717) is 18.7 Å². The number of carboxylic acid groups (broad SMARTS) is 1. The first-order valence-electron chi connectivity index (χ1n) is 7.95. The number of carbonyl (C=O) groups is 1. The lowest BCUT2D eigenvalue weighted by molar-refractivity contribution is 0.0696. The molecule has 0 aliphatic heterocycles. The molecule has 23 heavy (non-hydrogen) atoms. The first-order chi connectivity index (χ1) is 10.8. The highest BCUT2D eigenvalue weighted by atomic mass is 32.2. The summed E-state index contributed by atoms with van der Waals surface area (Å²) in [6.07, 6.45) is 3.69. The molecule has 0 heterocycles. The summed E-state index contributed by atoms with van der Waals surface area (Å²) in [4.78, 5) is 11.1. The van der Waals surface area contributed by atoms with Gasteiger partial charge in [0.2, 0.25) is 10.0 Å². The second-order valence-electron chi connectivity index (χ2n) is 5.58. The van der Waals surface area contributed by atoms with Crippen molar-refractivity contribution >= 4 is 21.7 Å². The molecular weight excluding hydrogens is 316 g/mol. The summed E-state index contributed by atoms with van der Waals surface area (Å²) >= 11 is 0. The molecule has 0 spiro atoms. The van der Waals surface area contributed by atoms with Gasteiger partial charge in [0, 0.05) is 12.6 Å². The lowest BCUT2D eigenvalue weighted by atomic mass is 10.2. The van der Waals surface area contributed by atoms with Crippen molar-refractivity contribution in [1.29, 1.82) is 0 Å². The molecule has 0 bridgehead atoms. The average molecular weight is 342 g/mol. The molecule has 130 valence electrons. The molecule has 0 aliphatic rings. The van der Waals surface area contributed by atoms with E-state index >= 15 is 0 Å². The first kappa shape index (κ1) is 19.4. The van der Waals surface area contributed by atoms with Crippen molar-refractivity contribution in [3.05, 3.63) is 23.8 Å². The molecule has 1 rings (SSSR count). The van der Waals surface area contributed by atoms with Crippen LogP contribution in [0.25, 0.3) is 0 Å². The number of carboxylic acids is 1. The van der Waals surface area contributed by atoms with E-state index in [4.69, 9.17) is 5.11 Å². The van der Waals surface area contributed by atoms with Crippen molar-refractivity contribution in [2.24, 2.45) is 0 Å². The Morgan fingerprint density at radius 2 is 1.96 bits per heavy atom. The molecular formula is C16H26N2O4S. The van der Waals surface area contributed by atoms with E-state index in [-0.39, 0.29) is 16.5 Å². The van der Waals surface area contributed by atoms with Gasteiger partial charge in [0.15, 0.2) is 0 Å². The molecule has 0 aromatic heterocycles. The number of anilines is 1. The number of nitrogens with one attached hydrogen (secondary N) is 2. The quantitative estimate of drug-likeness (QED) is 0.568. The minimum absolute atomic E-state index is 0.0193. The van der Waals surface area contributed by atoms with Gasteiger partial charge in [0.05, 0.1) is 11.3 Å². The Morgan fingerprint density at radius 3 is 2.52 bits per heavy atom. The monoisotopic (exact) mass is 342 g/mol. The van der Waals surface area contributed by atoms with Gasteiger partial charge < -0.3 is 10.4 Å². The second kappa shape index (κ2) is 8.88. The molecule has 0 amide bonds. The predicted molar refractivity (Wildman–Crippen MR) is 91.5 cm³/mol. The third-order valence-corrected chi connectivity index (χ3v) is 5.21. The van der Waals surface area contributed by atoms with Crippen LogP contribution in [0.3, 0.4) is 0 Å². The summed E-state index contributed by atoms with van der Waals surface area (Å²) in [5.74, 6) is -1.15. The number of benzene rings is 1. The maximum atomic E-state index is 12.5. The Hall–Kier alpha value is -1.60. The van der Waals surface area contributed by atoms with E-state index in [9.17, 15) is 13.2 Å². The highest BCUT2D eigenvalue weighted by Gasteiger charge is 2.22. The smallest absolute Gasteiger partial charge is 0.335 e. The van der Waals surface area contributed by atoms with Crippen LogP contribution < -0.4 is 10.0 Å². The van der Waals surface area contributed by atoms with Crippen molar-refractivity contribution in [1.82, 2.24) is 4.72 Å². The first-order valence-corrected chi connectivity index (χ1v) is 9.43. The number of rotatable bonds is 10. The predicted octanol–water partition coefficient (Wildman–Crippen LogP) is 3.06. The summed E-state index contributed by atoms with van der Waals surface area (Å²) in [5.41, 5.74) is 0.385. The Labute approximate surface area is 138 Å². The number of sulfonamides is 1. The Balaban J connectivity index is 3.12. The van der Waals surface area contributed by atoms with E-state index in [0.717, 1.165) is 19.3 Å². The summed E-state index contributed by atoms with van der Waals surface area (Å²) in [7, 11) is -3.78. The van der Waals surface area contributed by atoms with Gasteiger partial charge in [0.1, 0.15) is 4.90 Å². The molecule has 0 fully saturated rings. The fourth-order valence-corrected chi connectivity index (χ4v) is 3.57. The van der Waals surface area contributed by atoms with E-state index in [2.05, 4.69) is 17.0 Å². The zero-order valence-corrected chi connectivity index (χ0v) is 14.7. The maximum absolute atomic E-state index is 12.5. The normalized spacial score (nSPS) is 12.8. The van der Waals surface area contributed by atoms with Crippen LogP contribution in [0.15, 0.2) is 23.1 Å². The summed E-state index contributed by atoms with van der Waals surface area (Å²) < 4.78 is 27.7. The number of unbranched alkanes of at least 4 members (excludes halogenated alkanes) is 2. The highest BCUT2D eigenvalue weighted by molar-refractivity contribution is 7.89. The van der Waals surface area contributed by atoms with Crippen LogP contribution in [0.4, 0.5) is 5.69 Å². The summed E-state index contributed by atoms with van der Waals surface area (Å²) in [5, 5.41) is 12.2. The van der Waals surface area contributed by atoms with Crippen LogP contribution in [0, 0.1) is 0 Å². The van der Waals surface area contributed by atoms with Gasteiger partial charge in [-0.25, -0.2) is 17.9 Å². The molecule has 3 N–H and O–H groups in total. The van der Waals surface area contributed by atoms with Gasteiger partial charge in [0.25, 0.3) is 0 Å².